The summed E-state index contributed by atoms with van der Waals surface area (Å²) in [4.78, 5) is 7.12. The van der Waals surface area contributed by atoms with Crippen LogP contribution in [0.2, 0.25) is 0 Å². The van der Waals surface area contributed by atoms with E-state index >= 15 is 0 Å². The van der Waals surface area contributed by atoms with Crippen molar-refractivity contribution >= 4 is 23.2 Å². The van der Waals surface area contributed by atoms with Crippen LogP contribution in [0.25, 0.3) is 10.8 Å². The Morgan fingerprint density at radius 3 is 2.83 bits per heavy atom. The Bertz CT molecular complexity index is 808. The van der Waals surface area contributed by atoms with Crippen molar-refractivity contribution in [2.24, 2.45) is 7.05 Å². The van der Waals surface area contributed by atoms with Crippen molar-refractivity contribution in [1.82, 2.24) is 19.8 Å². The standard InChI is InChI=1S/C19H22N4.ClH/c1-22-11-10-21-19(22)18-13-20-9-12-23(18)14-16-7-4-6-15-5-2-3-8-17(15)16;/h2-8,10-11,18,20H,9,12-14H2,1H3;1H. The molecule has 1 unspecified atom stereocenters. The van der Waals surface area contributed by atoms with Crippen LogP contribution in [-0.4, -0.2) is 34.1 Å². The molecule has 0 saturated carbocycles. The molecule has 1 N–H and O–H groups in total. The van der Waals surface area contributed by atoms with Crippen molar-refractivity contribution in [3.63, 3.8) is 0 Å². The first-order valence-electron chi connectivity index (χ1n) is 8.21. The molecule has 5 heteroatoms. The zero-order chi connectivity index (χ0) is 15.6. The van der Waals surface area contributed by atoms with E-state index in [1.165, 1.54) is 16.3 Å². The minimum atomic E-state index is 0. The summed E-state index contributed by atoms with van der Waals surface area (Å²) in [6.07, 6.45) is 3.92. The van der Waals surface area contributed by atoms with Crippen LogP contribution in [0, 0.1) is 0 Å². The number of hydrogen-bond donors (Lipinski definition) is 1. The molecular formula is C19H23ClN4. The normalized spacial score (nSPS) is 18.5. The van der Waals surface area contributed by atoms with Gasteiger partial charge in [-0.3, -0.25) is 4.90 Å². The second-order valence-corrected chi connectivity index (χ2v) is 6.23. The number of nitrogens with one attached hydrogen (secondary N) is 1. The topological polar surface area (TPSA) is 33.1 Å². The summed E-state index contributed by atoms with van der Waals surface area (Å²) >= 11 is 0. The zero-order valence-corrected chi connectivity index (χ0v) is 14.7. The maximum Gasteiger partial charge on any atom is 0.127 e. The van der Waals surface area contributed by atoms with Crippen molar-refractivity contribution in [2.75, 3.05) is 19.6 Å². The third-order valence-electron chi connectivity index (χ3n) is 4.76. The lowest BCUT2D eigenvalue weighted by atomic mass is 10.0. The molecule has 3 aromatic rings. The summed E-state index contributed by atoms with van der Waals surface area (Å²) in [5.41, 5.74) is 1.39. The lowest BCUT2D eigenvalue weighted by Crippen LogP contribution is -2.46. The number of aromatic nitrogens is 2. The molecule has 0 amide bonds. The third kappa shape index (κ3) is 3.18. The van der Waals surface area contributed by atoms with Gasteiger partial charge in [0.1, 0.15) is 5.82 Å². The molecule has 126 valence electrons. The van der Waals surface area contributed by atoms with Gasteiger partial charge in [0.15, 0.2) is 0 Å². The number of nitrogens with zero attached hydrogens (tertiary/aromatic N) is 3. The first-order chi connectivity index (χ1) is 11.3. The van der Waals surface area contributed by atoms with Crippen molar-refractivity contribution in [3.8, 4) is 0 Å². The Morgan fingerprint density at radius 1 is 1.17 bits per heavy atom. The maximum absolute atomic E-state index is 4.57. The summed E-state index contributed by atoms with van der Waals surface area (Å²) in [6.45, 7) is 3.99. The summed E-state index contributed by atoms with van der Waals surface area (Å²) in [5, 5.41) is 6.18. The van der Waals surface area contributed by atoms with Gasteiger partial charge in [0.05, 0.1) is 6.04 Å². The molecule has 1 aliphatic rings. The van der Waals surface area contributed by atoms with E-state index in [-0.39, 0.29) is 12.4 Å². The Morgan fingerprint density at radius 2 is 2.00 bits per heavy atom. The van der Waals surface area contributed by atoms with Gasteiger partial charge in [-0.2, -0.15) is 0 Å². The predicted octanol–water partition coefficient (Wildman–Crippen LogP) is 3.14. The van der Waals surface area contributed by atoms with Gasteiger partial charge in [-0.25, -0.2) is 4.98 Å². The molecule has 1 aliphatic heterocycles. The highest BCUT2D eigenvalue weighted by Gasteiger charge is 2.26. The molecule has 1 aromatic heterocycles. The fourth-order valence-electron chi connectivity index (χ4n) is 3.54. The van der Waals surface area contributed by atoms with E-state index in [2.05, 4.69) is 69.3 Å². The minimum Gasteiger partial charge on any atom is -0.337 e. The molecule has 0 radical (unpaired) electrons. The molecule has 0 aliphatic carbocycles. The first kappa shape index (κ1) is 17.0. The minimum absolute atomic E-state index is 0. The number of benzene rings is 2. The number of aryl methyl sites for hydroxylation is 1. The highest BCUT2D eigenvalue weighted by Crippen LogP contribution is 2.26. The Kier molecular flexibility index (Phi) is 5.19. The van der Waals surface area contributed by atoms with Gasteiger partial charge in [-0.15, -0.1) is 12.4 Å². The van der Waals surface area contributed by atoms with E-state index in [9.17, 15) is 0 Å². The Hall–Kier alpha value is -1.88. The summed E-state index contributed by atoms with van der Waals surface area (Å²) in [7, 11) is 2.08. The van der Waals surface area contributed by atoms with Crippen LogP contribution < -0.4 is 5.32 Å². The average molecular weight is 343 g/mol. The smallest absolute Gasteiger partial charge is 0.127 e. The van der Waals surface area contributed by atoms with Crippen LogP contribution in [-0.2, 0) is 13.6 Å². The maximum atomic E-state index is 4.57. The van der Waals surface area contributed by atoms with E-state index < -0.39 is 0 Å². The average Bonchev–Trinajstić information content (AvgIpc) is 3.02. The van der Waals surface area contributed by atoms with E-state index in [4.69, 9.17) is 0 Å². The van der Waals surface area contributed by atoms with Crippen molar-refractivity contribution in [2.45, 2.75) is 12.6 Å². The fraction of sp³-hybridized carbons (Fsp3) is 0.316. The van der Waals surface area contributed by atoms with Crippen molar-refractivity contribution in [3.05, 3.63) is 66.2 Å². The SMILES string of the molecule is Cl.Cn1ccnc1C1CNCCN1Cc1cccc2ccccc12. The second kappa shape index (κ2) is 7.34. The molecule has 1 fully saturated rings. The molecule has 0 spiro atoms. The highest BCUT2D eigenvalue weighted by atomic mass is 35.5. The number of halogens is 1. The Labute approximate surface area is 148 Å². The molecule has 1 saturated heterocycles. The second-order valence-electron chi connectivity index (χ2n) is 6.23. The van der Waals surface area contributed by atoms with E-state index in [1.54, 1.807) is 0 Å². The highest BCUT2D eigenvalue weighted by molar-refractivity contribution is 5.86. The summed E-state index contributed by atoms with van der Waals surface area (Å²) in [6, 6.07) is 15.6. The monoisotopic (exact) mass is 342 g/mol. The number of piperazine rings is 1. The van der Waals surface area contributed by atoms with Gasteiger partial charge in [0.25, 0.3) is 0 Å². The largest absolute Gasteiger partial charge is 0.337 e. The quantitative estimate of drug-likeness (QED) is 0.793. The van der Waals surface area contributed by atoms with Gasteiger partial charge in [-0.1, -0.05) is 42.5 Å². The van der Waals surface area contributed by atoms with Crippen LogP contribution in [0.4, 0.5) is 0 Å². The summed E-state index contributed by atoms with van der Waals surface area (Å²) in [5.74, 6) is 1.14. The van der Waals surface area contributed by atoms with Crippen LogP contribution >= 0.6 is 12.4 Å². The molecule has 4 rings (SSSR count). The molecule has 0 bridgehead atoms. The number of fused-ring (bicyclic) bond motifs is 1. The molecule has 2 heterocycles. The van der Waals surface area contributed by atoms with Gasteiger partial charge in [0.2, 0.25) is 0 Å². The first-order valence-corrected chi connectivity index (χ1v) is 8.21. The van der Waals surface area contributed by atoms with Crippen LogP contribution in [0.1, 0.15) is 17.4 Å². The van der Waals surface area contributed by atoms with Gasteiger partial charge in [-0.05, 0) is 16.3 Å². The van der Waals surface area contributed by atoms with E-state index in [0.717, 1.165) is 32.0 Å². The van der Waals surface area contributed by atoms with E-state index in [0.29, 0.717) is 6.04 Å². The number of hydrogen-bond acceptors (Lipinski definition) is 3. The zero-order valence-electron chi connectivity index (χ0n) is 13.9. The van der Waals surface area contributed by atoms with Crippen LogP contribution in [0.3, 0.4) is 0 Å². The fourth-order valence-corrected chi connectivity index (χ4v) is 3.54. The van der Waals surface area contributed by atoms with Gasteiger partial charge in [0, 0.05) is 45.6 Å². The molecular weight excluding hydrogens is 320 g/mol. The van der Waals surface area contributed by atoms with Crippen LogP contribution in [0.15, 0.2) is 54.9 Å². The van der Waals surface area contributed by atoms with Gasteiger partial charge < -0.3 is 9.88 Å². The molecule has 2 aromatic carbocycles. The van der Waals surface area contributed by atoms with Gasteiger partial charge >= 0.3 is 0 Å². The number of rotatable bonds is 3. The number of imidazole rings is 1. The lowest BCUT2D eigenvalue weighted by molar-refractivity contribution is 0.145. The van der Waals surface area contributed by atoms with Crippen molar-refractivity contribution in [1.29, 1.82) is 0 Å². The Balaban J connectivity index is 0.00000169. The molecule has 24 heavy (non-hydrogen) atoms. The summed E-state index contributed by atoms with van der Waals surface area (Å²) < 4.78 is 2.13. The lowest BCUT2D eigenvalue weighted by Gasteiger charge is -2.36. The molecule has 4 nitrogen and oxygen atoms in total. The van der Waals surface area contributed by atoms with Crippen LogP contribution in [0.5, 0.6) is 0 Å². The molecule has 1 atom stereocenters. The predicted molar refractivity (Wildman–Crippen MR) is 100 cm³/mol. The van der Waals surface area contributed by atoms with E-state index in [1.807, 2.05) is 12.4 Å². The third-order valence-corrected chi connectivity index (χ3v) is 4.76. The van der Waals surface area contributed by atoms with Crippen molar-refractivity contribution < 1.29 is 0 Å².